The summed E-state index contributed by atoms with van der Waals surface area (Å²) in [6.45, 7) is 2.25. The molecule has 0 heterocycles. The lowest BCUT2D eigenvalue weighted by Gasteiger charge is -2.04. The SMILES string of the molecule is CCCO.O=S(=O)(Cc1ccccc1)Cc1ccccc1. The minimum absolute atomic E-state index is 0.0999. The summed E-state index contributed by atoms with van der Waals surface area (Å²) < 4.78 is 23.9. The highest BCUT2D eigenvalue weighted by atomic mass is 32.2. The van der Waals surface area contributed by atoms with Gasteiger partial charge in [-0.2, -0.15) is 0 Å². The van der Waals surface area contributed by atoms with Crippen LogP contribution in [0.1, 0.15) is 24.5 Å². The first-order chi connectivity index (χ1) is 10.1. The standard InChI is InChI=1S/C14H14O2S.C3H8O/c15-17(16,11-13-7-3-1-4-8-13)12-14-9-5-2-6-10-14;1-2-3-4/h1-10H,11-12H2;4H,2-3H2,1H3. The highest BCUT2D eigenvalue weighted by molar-refractivity contribution is 7.89. The average molecular weight is 306 g/mol. The van der Waals surface area contributed by atoms with Gasteiger partial charge in [0, 0.05) is 6.61 Å². The van der Waals surface area contributed by atoms with E-state index in [2.05, 4.69) is 0 Å². The molecule has 0 saturated carbocycles. The molecular weight excluding hydrogens is 284 g/mol. The van der Waals surface area contributed by atoms with Crippen molar-refractivity contribution in [3.63, 3.8) is 0 Å². The fourth-order valence-corrected chi connectivity index (χ4v) is 3.21. The molecule has 0 unspecified atom stereocenters. The van der Waals surface area contributed by atoms with E-state index >= 15 is 0 Å². The van der Waals surface area contributed by atoms with Crippen molar-refractivity contribution in [3.05, 3.63) is 71.8 Å². The van der Waals surface area contributed by atoms with Crippen molar-refractivity contribution in [1.82, 2.24) is 0 Å². The number of hydrogen-bond donors (Lipinski definition) is 1. The Balaban J connectivity index is 0.000000491. The van der Waals surface area contributed by atoms with Crippen LogP contribution in [0.15, 0.2) is 60.7 Å². The van der Waals surface area contributed by atoms with Crippen LogP contribution in [0, 0.1) is 0 Å². The van der Waals surface area contributed by atoms with E-state index in [-0.39, 0.29) is 11.5 Å². The molecule has 0 aliphatic heterocycles. The summed E-state index contributed by atoms with van der Waals surface area (Å²) in [4.78, 5) is 0. The number of rotatable bonds is 5. The van der Waals surface area contributed by atoms with Crippen molar-refractivity contribution in [2.75, 3.05) is 6.61 Å². The van der Waals surface area contributed by atoms with Crippen LogP contribution in [-0.4, -0.2) is 20.1 Å². The van der Waals surface area contributed by atoms with Crippen molar-refractivity contribution >= 4 is 9.84 Å². The van der Waals surface area contributed by atoms with Crippen molar-refractivity contribution in [2.45, 2.75) is 24.9 Å². The Morgan fingerprint density at radius 3 is 1.43 bits per heavy atom. The second-order valence-electron chi connectivity index (χ2n) is 4.73. The summed E-state index contributed by atoms with van der Waals surface area (Å²) >= 11 is 0. The van der Waals surface area contributed by atoms with E-state index in [1.165, 1.54) is 0 Å². The van der Waals surface area contributed by atoms with E-state index in [1.807, 2.05) is 67.6 Å². The second-order valence-corrected chi connectivity index (χ2v) is 6.79. The van der Waals surface area contributed by atoms with E-state index in [4.69, 9.17) is 5.11 Å². The van der Waals surface area contributed by atoms with Crippen LogP contribution in [0.4, 0.5) is 0 Å². The molecule has 0 bridgehead atoms. The molecule has 3 nitrogen and oxygen atoms in total. The van der Waals surface area contributed by atoms with Gasteiger partial charge in [-0.15, -0.1) is 0 Å². The molecule has 2 rings (SSSR count). The van der Waals surface area contributed by atoms with Crippen molar-refractivity contribution in [1.29, 1.82) is 0 Å². The lowest BCUT2D eigenvalue weighted by atomic mass is 10.2. The van der Waals surface area contributed by atoms with Crippen LogP contribution in [0.25, 0.3) is 0 Å². The fraction of sp³-hybridized carbons (Fsp3) is 0.294. The summed E-state index contributed by atoms with van der Waals surface area (Å²) in [7, 11) is -3.09. The highest BCUT2D eigenvalue weighted by Crippen LogP contribution is 2.11. The van der Waals surface area contributed by atoms with Crippen LogP contribution >= 0.6 is 0 Å². The quantitative estimate of drug-likeness (QED) is 0.923. The Labute approximate surface area is 127 Å². The van der Waals surface area contributed by atoms with Crippen LogP contribution in [0.2, 0.25) is 0 Å². The van der Waals surface area contributed by atoms with Gasteiger partial charge in [0.1, 0.15) is 0 Å². The monoisotopic (exact) mass is 306 g/mol. The molecule has 4 heteroatoms. The normalized spacial score (nSPS) is 10.6. The van der Waals surface area contributed by atoms with Gasteiger partial charge in [0.05, 0.1) is 11.5 Å². The van der Waals surface area contributed by atoms with Crippen LogP contribution < -0.4 is 0 Å². The Morgan fingerprint density at radius 1 is 0.810 bits per heavy atom. The van der Waals surface area contributed by atoms with Crippen molar-refractivity contribution in [3.8, 4) is 0 Å². The number of sulfone groups is 1. The summed E-state index contributed by atoms with van der Waals surface area (Å²) in [5.41, 5.74) is 1.67. The number of aliphatic hydroxyl groups is 1. The Morgan fingerprint density at radius 2 is 1.14 bits per heavy atom. The minimum atomic E-state index is -3.09. The van der Waals surface area contributed by atoms with Crippen LogP contribution in [0.3, 0.4) is 0 Å². The molecule has 0 radical (unpaired) electrons. The van der Waals surface area contributed by atoms with Gasteiger partial charge in [-0.1, -0.05) is 67.6 Å². The maximum absolute atomic E-state index is 12.0. The van der Waals surface area contributed by atoms with Crippen LogP contribution in [0.5, 0.6) is 0 Å². The summed E-state index contributed by atoms with van der Waals surface area (Å²) in [6, 6.07) is 18.5. The predicted molar refractivity (Wildman–Crippen MR) is 86.6 cm³/mol. The largest absolute Gasteiger partial charge is 0.396 e. The molecule has 0 atom stereocenters. The highest BCUT2D eigenvalue weighted by Gasteiger charge is 2.12. The van der Waals surface area contributed by atoms with E-state index in [9.17, 15) is 8.42 Å². The lowest BCUT2D eigenvalue weighted by Crippen LogP contribution is -2.07. The van der Waals surface area contributed by atoms with Gasteiger partial charge in [0.25, 0.3) is 0 Å². The lowest BCUT2D eigenvalue weighted by molar-refractivity contribution is 0.295. The first-order valence-electron chi connectivity index (χ1n) is 6.96. The molecule has 0 aliphatic carbocycles. The molecule has 0 spiro atoms. The van der Waals surface area contributed by atoms with Crippen LogP contribution in [-0.2, 0) is 21.3 Å². The molecule has 114 valence electrons. The second kappa shape index (κ2) is 9.32. The van der Waals surface area contributed by atoms with E-state index < -0.39 is 9.84 Å². The topological polar surface area (TPSA) is 54.4 Å². The molecule has 0 saturated heterocycles. The van der Waals surface area contributed by atoms with Gasteiger partial charge in [0.15, 0.2) is 9.84 Å². The first-order valence-corrected chi connectivity index (χ1v) is 8.78. The number of hydrogen-bond acceptors (Lipinski definition) is 3. The van der Waals surface area contributed by atoms with Gasteiger partial charge in [-0.25, -0.2) is 8.42 Å². The maximum Gasteiger partial charge on any atom is 0.158 e. The molecule has 2 aromatic carbocycles. The zero-order chi connectivity index (χ0) is 15.6. The molecular formula is C17H22O3S. The molecule has 0 fully saturated rings. The third-order valence-corrected chi connectivity index (χ3v) is 4.23. The molecule has 21 heavy (non-hydrogen) atoms. The fourth-order valence-electron chi connectivity index (χ4n) is 1.71. The molecule has 0 aliphatic rings. The Bertz CT molecular complexity index is 543. The van der Waals surface area contributed by atoms with Gasteiger partial charge < -0.3 is 5.11 Å². The average Bonchev–Trinajstić information content (AvgIpc) is 2.48. The first kappa shape index (κ1) is 17.4. The van der Waals surface area contributed by atoms with Gasteiger partial charge >= 0.3 is 0 Å². The van der Waals surface area contributed by atoms with E-state index in [0.29, 0.717) is 6.61 Å². The zero-order valence-corrected chi connectivity index (χ0v) is 13.1. The molecule has 0 aromatic heterocycles. The van der Waals surface area contributed by atoms with Gasteiger partial charge in [-0.05, 0) is 17.5 Å². The summed E-state index contributed by atoms with van der Waals surface area (Å²) in [5.74, 6) is 0.200. The number of aliphatic hydroxyl groups excluding tert-OH is 1. The summed E-state index contributed by atoms with van der Waals surface area (Å²) in [6.07, 6.45) is 0.875. The third kappa shape index (κ3) is 7.63. The maximum atomic E-state index is 12.0. The Hall–Kier alpha value is -1.65. The third-order valence-electron chi connectivity index (χ3n) is 2.68. The molecule has 1 N–H and O–H groups in total. The zero-order valence-electron chi connectivity index (χ0n) is 12.3. The number of benzene rings is 2. The molecule has 0 amide bonds. The minimum Gasteiger partial charge on any atom is -0.396 e. The predicted octanol–water partition coefficient (Wildman–Crippen LogP) is 3.19. The smallest absolute Gasteiger partial charge is 0.158 e. The Kier molecular flexibility index (Phi) is 7.72. The van der Waals surface area contributed by atoms with Crippen molar-refractivity contribution in [2.24, 2.45) is 0 Å². The van der Waals surface area contributed by atoms with Crippen molar-refractivity contribution < 1.29 is 13.5 Å². The van der Waals surface area contributed by atoms with E-state index in [1.54, 1.807) is 0 Å². The van der Waals surface area contributed by atoms with E-state index in [0.717, 1.165) is 17.5 Å². The van der Waals surface area contributed by atoms with Gasteiger partial charge in [0.2, 0.25) is 0 Å². The molecule has 2 aromatic rings. The summed E-state index contributed by atoms with van der Waals surface area (Å²) in [5, 5.41) is 7.88. The van der Waals surface area contributed by atoms with Gasteiger partial charge in [-0.3, -0.25) is 0 Å².